The van der Waals surface area contributed by atoms with Crippen LogP contribution in [0.25, 0.3) is 0 Å². The van der Waals surface area contributed by atoms with E-state index in [0.717, 1.165) is 29.9 Å². The van der Waals surface area contributed by atoms with Crippen LogP contribution >= 0.6 is 0 Å². The van der Waals surface area contributed by atoms with E-state index >= 15 is 0 Å². The number of urea groups is 1. The van der Waals surface area contributed by atoms with Crippen molar-refractivity contribution in [2.75, 3.05) is 51.0 Å². The van der Waals surface area contributed by atoms with Gasteiger partial charge < -0.3 is 24.6 Å². The van der Waals surface area contributed by atoms with Gasteiger partial charge in [0.25, 0.3) is 0 Å². The van der Waals surface area contributed by atoms with Crippen LogP contribution in [0, 0.1) is 5.82 Å². The average Bonchev–Trinajstić information content (AvgIpc) is 2.79. The minimum atomic E-state index is -0.291. The highest BCUT2D eigenvalue weighted by Crippen LogP contribution is 2.25. The van der Waals surface area contributed by atoms with Gasteiger partial charge in [-0.2, -0.15) is 0 Å². The summed E-state index contributed by atoms with van der Waals surface area (Å²) in [6.45, 7) is 4.97. The van der Waals surface area contributed by atoms with Gasteiger partial charge in [-0.1, -0.05) is 30.3 Å². The molecule has 6 nitrogen and oxygen atoms in total. The molecule has 2 fully saturated rings. The lowest BCUT2D eigenvalue weighted by molar-refractivity contribution is 0.0115. The number of hydrogen-bond acceptors (Lipinski definition) is 4. The fourth-order valence-corrected chi connectivity index (χ4v) is 3.85. The maximum atomic E-state index is 13.3. The number of morpholine rings is 2. The van der Waals surface area contributed by atoms with E-state index in [0.29, 0.717) is 39.5 Å². The molecule has 0 bridgehead atoms. The molecule has 2 aromatic rings. The van der Waals surface area contributed by atoms with Crippen LogP contribution in [0.5, 0.6) is 0 Å². The topological polar surface area (TPSA) is 54.0 Å². The second-order valence-corrected chi connectivity index (χ2v) is 7.22. The van der Waals surface area contributed by atoms with Gasteiger partial charge in [-0.3, -0.25) is 0 Å². The van der Waals surface area contributed by atoms with Crippen LogP contribution in [0.3, 0.4) is 0 Å². The summed E-state index contributed by atoms with van der Waals surface area (Å²) < 4.78 is 24.3. The van der Waals surface area contributed by atoms with Crippen molar-refractivity contribution >= 4 is 11.7 Å². The molecule has 2 aromatic carbocycles. The molecule has 1 unspecified atom stereocenters. The largest absolute Gasteiger partial charge is 0.378 e. The van der Waals surface area contributed by atoms with Crippen molar-refractivity contribution in [3.05, 3.63) is 65.5 Å². The highest BCUT2D eigenvalue weighted by Gasteiger charge is 2.28. The normalized spacial score (nSPS) is 19.8. The van der Waals surface area contributed by atoms with Gasteiger partial charge in [-0.05, 0) is 29.3 Å². The Hall–Kier alpha value is -2.64. The number of anilines is 1. The van der Waals surface area contributed by atoms with Gasteiger partial charge in [0.15, 0.2) is 0 Å². The minimum absolute atomic E-state index is 0.139. The number of nitrogens with zero attached hydrogens (tertiary/aromatic N) is 2. The van der Waals surface area contributed by atoms with Crippen LogP contribution in [0.2, 0.25) is 0 Å². The number of carbonyl (C=O) groups is 1. The first-order valence-electron chi connectivity index (χ1n) is 10.0. The predicted molar refractivity (Wildman–Crippen MR) is 108 cm³/mol. The molecule has 0 aromatic heterocycles. The number of rotatable bonds is 4. The lowest BCUT2D eigenvalue weighted by atomic mass is 10.1. The SMILES string of the molecule is O=C(NCc1ccccc1N1CCOCC1)N1CCOCC1c1ccc(F)cc1. The van der Waals surface area contributed by atoms with Crippen LogP contribution in [-0.2, 0) is 16.0 Å². The molecule has 2 heterocycles. The molecule has 2 amide bonds. The second-order valence-electron chi connectivity index (χ2n) is 7.22. The fraction of sp³-hybridized carbons (Fsp3) is 0.409. The summed E-state index contributed by atoms with van der Waals surface area (Å²) in [7, 11) is 0. The molecule has 2 saturated heterocycles. The summed E-state index contributed by atoms with van der Waals surface area (Å²) >= 11 is 0. The Morgan fingerprint density at radius 1 is 1.00 bits per heavy atom. The van der Waals surface area contributed by atoms with Crippen molar-refractivity contribution in [2.24, 2.45) is 0 Å². The molecule has 4 rings (SSSR count). The number of carbonyl (C=O) groups excluding carboxylic acids is 1. The van der Waals surface area contributed by atoms with E-state index in [4.69, 9.17) is 9.47 Å². The lowest BCUT2D eigenvalue weighted by Gasteiger charge is -2.36. The fourth-order valence-electron chi connectivity index (χ4n) is 3.85. The van der Waals surface area contributed by atoms with E-state index in [1.165, 1.54) is 12.1 Å². The van der Waals surface area contributed by atoms with Crippen LogP contribution in [0.15, 0.2) is 48.5 Å². The van der Waals surface area contributed by atoms with Gasteiger partial charge >= 0.3 is 6.03 Å². The smallest absolute Gasteiger partial charge is 0.318 e. The third kappa shape index (κ3) is 4.68. The lowest BCUT2D eigenvalue weighted by Crippen LogP contribution is -2.48. The summed E-state index contributed by atoms with van der Waals surface area (Å²) in [6.07, 6.45) is 0. The summed E-state index contributed by atoms with van der Waals surface area (Å²) in [5, 5.41) is 3.06. The summed E-state index contributed by atoms with van der Waals surface area (Å²) in [5.74, 6) is -0.291. The standard InChI is InChI=1S/C22H26FN3O3/c23-19-7-5-17(6-8-19)21-16-29-14-11-26(21)22(27)24-15-18-3-1-2-4-20(18)25-9-12-28-13-10-25/h1-8,21H,9-16H2,(H,24,27). The first-order valence-corrected chi connectivity index (χ1v) is 10.0. The molecular formula is C22H26FN3O3. The number of ether oxygens (including phenoxy) is 2. The molecule has 1 N–H and O–H groups in total. The van der Waals surface area contributed by atoms with Crippen LogP contribution in [0.4, 0.5) is 14.9 Å². The molecule has 7 heteroatoms. The molecule has 0 spiro atoms. The van der Waals surface area contributed by atoms with Crippen molar-refractivity contribution in [2.45, 2.75) is 12.6 Å². The number of para-hydroxylation sites is 1. The Labute approximate surface area is 170 Å². The highest BCUT2D eigenvalue weighted by atomic mass is 19.1. The van der Waals surface area contributed by atoms with Crippen LogP contribution < -0.4 is 10.2 Å². The van der Waals surface area contributed by atoms with Crippen molar-refractivity contribution in [3.63, 3.8) is 0 Å². The molecule has 2 aliphatic rings. The van der Waals surface area contributed by atoms with Gasteiger partial charge in [-0.15, -0.1) is 0 Å². The van der Waals surface area contributed by atoms with Gasteiger partial charge in [0.1, 0.15) is 5.82 Å². The van der Waals surface area contributed by atoms with Crippen molar-refractivity contribution in [3.8, 4) is 0 Å². The summed E-state index contributed by atoms with van der Waals surface area (Å²) in [5.41, 5.74) is 3.08. The quantitative estimate of drug-likeness (QED) is 0.859. The number of benzene rings is 2. The Morgan fingerprint density at radius 2 is 1.72 bits per heavy atom. The van der Waals surface area contributed by atoms with Gasteiger partial charge in [0.2, 0.25) is 0 Å². The first kappa shape index (κ1) is 19.7. The van der Waals surface area contributed by atoms with Crippen molar-refractivity contribution in [1.29, 1.82) is 0 Å². The summed E-state index contributed by atoms with van der Waals surface area (Å²) in [4.78, 5) is 17.0. The third-order valence-corrected chi connectivity index (χ3v) is 5.42. The van der Waals surface area contributed by atoms with E-state index in [9.17, 15) is 9.18 Å². The summed E-state index contributed by atoms with van der Waals surface area (Å²) in [6, 6.07) is 14.0. The first-order chi connectivity index (χ1) is 14.2. The Bertz CT molecular complexity index is 824. The Balaban J connectivity index is 1.44. The molecule has 2 aliphatic heterocycles. The predicted octanol–water partition coefficient (Wildman–Crippen LogP) is 2.95. The number of hydrogen-bond donors (Lipinski definition) is 1. The molecule has 29 heavy (non-hydrogen) atoms. The van der Waals surface area contributed by atoms with E-state index in [1.807, 2.05) is 18.2 Å². The zero-order chi connectivity index (χ0) is 20.1. The van der Waals surface area contributed by atoms with Crippen LogP contribution in [0.1, 0.15) is 17.2 Å². The number of nitrogens with one attached hydrogen (secondary N) is 1. The molecule has 0 saturated carbocycles. The van der Waals surface area contributed by atoms with Crippen molar-refractivity contribution < 1.29 is 18.7 Å². The van der Waals surface area contributed by atoms with Gasteiger partial charge in [0.05, 0.1) is 32.5 Å². The van der Waals surface area contributed by atoms with Crippen molar-refractivity contribution in [1.82, 2.24) is 10.2 Å². The minimum Gasteiger partial charge on any atom is -0.378 e. The van der Waals surface area contributed by atoms with E-state index in [1.54, 1.807) is 17.0 Å². The Kier molecular flexibility index (Phi) is 6.27. The number of amides is 2. The van der Waals surface area contributed by atoms with Gasteiger partial charge in [-0.25, -0.2) is 9.18 Å². The molecule has 0 radical (unpaired) electrons. The average molecular weight is 399 g/mol. The number of halogens is 1. The van der Waals surface area contributed by atoms with E-state index in [-0.39, 0.29) is 17.9 Å². The van der Waals surface area contributed by atoms with Gasteiger partial charge in [0, 0.05) is 31.9 Å². The highest BCUT2D eigenvalue weighted by molar-refractivity contribution is 5.75. The molecule has 1 atom stereocenters. The third-order valence-electron chi connectivity index (χ3n) is 5.42. The maximum absolute atomic E-state index is 13.3. The zero-order valence-electron chi connectivity index (χ0n) is 16.4. The Morgan fingerprint density at radius 3 is 2.52 bits per heavy atom. The molecular weight excluding hydrogens is 373 g/mol. The van der Waals surface area contributed by atoms with E-state index in [2.05, 4.69) is 16.3 Å². The molecule has 0 aliphatic carbocycles. The van der Waals surface area contributed by atoms with Crippen LogP contribution in [-0.4, -0.2) is 57.0 Å². The molecule has 154 valence electrons. The second kappa shape index (κ2) is 9.24. The van der Waals surface area contributed by atoms with E-state index < -0.39 is 0 Å². The monoisotopic (exact) mass is 399 g/mol. The zero-order valence-corrected chi connectivity index (χ0v) is 16.4. The maximum Gasteiger partial charge on any atom is 0.318 e.